The minimum Gasteiger partial charge on any atom is -0.382 e. The fraction of sp³-hybridized carbons (Fsp3) is 0.152. The molecule has 12 heteroatoms. The van der Waals surface area contributed by atoms with Gasteiger partial charge in [0.25, 0.3) is 11.8 Å². The summed E-state index contributed by atoms with van der Waals surface area (Å²) in [5.41, 5.74) is 5.16. The first-order chi connectivity index (χ1) is 22.0. The molecular formula is C33H25ClFN7O3. The quantitative estimate of drug-likeness (QED) is 0.255. The van der Waals surface area contributed by atoms with Gasteiger partial charge in [0.05, 0.1) is 10.7 Å². The molecule has 2 aromatic heterocycles. The lowest BCUT2D eigenvalue weighted by molar-refractivity contribution is -0.148. The molecule has 45 heavy (non-hydrogen) atoms. The van der Waals surface area contributed by atoms with Crippen molar-refractivity contribution in [2.45, 2.75) is 25.0 Å². The number of carbonyl (C=O) groups is 2. The molecular weight excluding hydrogens is 597 g/mol. The van der Waals surface area contributed by atoms with Crippen molar-refractivity contribution < 1.29 is 18.8 Å². The first kappa shape index (κ1) is 28.4. The van der Waals surface area contributed by atoms with E-state index in [9.17, 15) is 14.0 Å². The van der Waals surface area contributed by atoms with Crippen LogP contribution in [0, 0.1) is 5.82 Å². The number of oxime groups is 1. The number of nitrogens with one attached hydrogen (secondary N) is 2. The number of halogens is 2. The van der Waals surface area contributed by atoms with E-state index in [1.54, 1.807) is 43.0 Å². The molecule has 224 valence electrons. The van der Waals surface area contributed by atoms with Gasteiger partial charge in [0.15, 0.2) is 5.82 Å². The van der Waals surface area contributed by atoms with Crippen LogP contribution < -0.4 is 5.32 Å². The Balaban J connectivity index is 1.20. The highest BCUT2D eigenvalue weighted by Crippen LogP contribution is 2.38. The van der Waals surface area contributed by atoms with E-state index in [2.05, 4.69) is 30.4 Å². The van der Waals surface area contributed by atoms with Gasteiger partial charge in [-0.05, 0) is 59.5 Å². The van der Waals surface area contributed by atoms with Gasteiger partial charge in [-0.15, -0.1) is 0 Å². The minimum atomic E-state index is -1.03. The van der Waals surface area contributed by atoms with Crippen LogP contribution >= 0.6 is 11.6 Å². The highest BCUT2D eigenvalue weighted by Gasteiger charge is 2.42. The zero-order valence-corrected chi connectivity index (χ0v) is 24.4. The number of anilines is 1. The van der Waals surface area contributed by atoms with Gasteiger partial charge in [-0.2, -0.15) is 0 Å². The SMILES string of the molecule is O=C(Nc1ccc(-c2ncc[nH]2)cc1)C1c2cccc(-c3cncnc3)c2CCN1C(=O)[C@H]1CC(c2cccc(Cl)c2F)=NO1. The minimum absolute atomic E-state index is 0.0312. The second-order valence-corrected chi connectivity index (χ2v) is 11.0. The molecule has 2 aliphatic rings. The maximum absolute atomic E-state index is 14.7. The number of aromatic nitrogens is 4. The van der Waals surface area contributed by atoms with Crippen LogP contribution in [0.25, 0.3) is 22.5 Å². The second kappa shape index (κ2) is 11.9. The van der Waals surface area contributed by atoms with Gasteiger partial charge < -0.3 is 20.0 Å². The number of aromatic amines is 1. The monoisotopic (exact) mass is 621 g/mol. The number of imidazole rings is 1. The number of fused-ring (bicyclic) bond motifs is 1. The van der Waals surface area contributed by atoms with Crippen molar-refractivity contribution in [2.75, 3.05) is 11.9 Å². The first-order valence-electron chi connectivity index (χ1n) is 14.2. The zero-order valence-electron chi connectivity index (χ0n) is 23.7. The zero-order chi connectivity index (χ0) is 30.9. The van der Waals surface area contributed by atoms with Gasteiger partial charge in [-0.1, -0.05) is 41.0 Å². The lowest BCUT2D eigenvalue weighted by Gasteiger charge is -2.38. The van der Waals surface area contributed by atoms with E-state index in [0.717, 1.165) is 22.3 Å². The molecule has 0 bridgehead atoms. The molecule has 3 aromatic carbocycles. The van der Waals surface area contributed by atoms with Crippen LogP contribution in [-0.4, -0.2) is 55.0 Å². The van der Waals surface area contributed by atoms with E-state index >= 15 is 0 Å². The lowest BCUT2D eigenvalue weighted by Crippen LogP contribution is -2.49. The summed E-state index contributed by atoms with van der Waals surface area (Å²) in [7, 11) is 0. The molecule has 10 nitrogen and oxygen atoms in total. The Bertz CT molecular complexity index is 1920. The van der Waals surface area contributed by atoms with E-state index in [0.29, 0.717) is 23.5 Å². The van der Waals surface area contributed by atoms with Gasteiger partial charge in [-0.25, -0.2) is 19.3 Å². The number of H-pyrrole nitrogens is 1. The molecule has 1 unspecified atom stereocenters. The maximum Gasteiger partial charge on any atom is 0.267 e. The fourth-order valence-electron chi connectivity index (χ4n) is 5.82. The molecule has 7 rings (SSSR count). The molecule has 2 amide bonds. The highest BCUT2D eigenvalue weighted by atomic mass is 35.5. The Kier molecular flexibility index (Phi) is 7.52. The number of hydrogen-bond acceptors (Lipinski definition) is 7. The Morgan fingerprint density at radius 2 is 1.78 bits per heavy atom. The normalized spacial score (nSPS) is 17.3. The van der Waals surface area contributed by atoms with E-state index < -0.39 is 29.8 Å². The van der Waals surface area contributed by atoms with Crippen molar-refractivity contribution in [3.05, 3.63) is 119 Å². The average Bonchev–Trinajstić information content (AvgIpc) is 3.79. The van der Waals surface area contributed by atoms with Gasteiger partial charge in [-0.3, -0.25) is 9.59 Å². The van der Waals surface area contributed by atoms with Crippen molar-refractivity contribution in [2.24, 2.45) is 5.16 Å². The summed E-state index contributed by atoms with van der Waals surface area (Å²) in [5, 5.41) is 6.96. The van der Waals surface area contributed by atoms with Crippen LogP contribution in [0.15, 0.2) is 96.9 Å². The number of carbonyl (C=O) groups excluding carboxylic acids is 2. The molecule has 0 aliphatic carbocycles. The van der Waals surface area contributed by atoms with E-state index in [-0.39, 0.29) is 29.3 Å². The third kappa shape index (κ3) is 5.42. The topological polar surface area (TPSA) is 125 Å². The average molecular weight is 622 g/mol. The number of benzene rings is 3. The summed E-state index contributed by atoms with van der Waals surface area (Å²) in [5.74, 6) is -0.742. The van der Waals surface area contributed by atoms with Crippen molar-refractivity contribution in [1.82, 2.24) is 24.8 Å². The van der Waals surface area contributed by atoms with Crippen LogP contribution in [0.2, 0.25) is 5.02 Å². The highest BCUT2D eigenvalue weighted by molar-refractivity contribution is 6.31. The Morgan fingerprint density at radius 1 is 1.00 bits per heavy atom. The fourth-order valence-corrected chi connectivity index (χ4v) is 6.00. The first-order valence-corrected chi connectivity index (χ1v) is 14.6. The van der Waals surface area contributed by atoms with Gasteiger partial charge >= 0.3 is 0 Å². The van der Waals surface area contributed by atoms with Gasteiger partial charge in [0.1, 0.15) is 18.2 Å². The Labute approximate surface area is 262 Å². The summed E-state index contributed by atoms with van der Waals surface area (Å²) in [6.07, 6.45) is 7.78. The molecule has 4 heterocycles. The Morgan fingerprint density at radius 3 is 2.56 bits per heavy atom. The lowest BCUT2D eigenvalue weighted by atomic mass is 9.86. The van der Waals surface area contributed by atoms with Crippen molar-refractivity contribution >= 4 is 34.8 Å². The van der Waals surface area contributed by atoms with E-state index in [1.807, 2.05) is 30.3 Å². The molecule has 0 radical (unpaired) electrons. The number of rotatable bonds is 6. The summed E-state index contributed by atoms with van der Waals surface area (Å²) in [6.45, 7) is 0.243. The van der Waals surface area contributed by atoms with Crippen LogP contribution in [0.3, 0.4) is 0 Å². The molecule has 2 N–H and O–H groups in total. The van der Waals surface area contributed by atoms with Crippen molar-refractivity contribution in [3.63, 3.8) is 0 Å². The number of nitrogens with zero attached hydrogens (tertiary/aromatic N) is 5. The van der Waals surface area contributed by atoms with Crippen molar-refractivity contribution in [1.29, 1.82) is 0 Å². The molecule has 0 fully saturated rings. The Hall–Kier alpha value is -5.42. The smallest absolute Gasteiger partial charge is 0.267 e. The molecule has 0 saturated heterocycles. The molecule has 5 aromatic rings. The second-order valence-electron chi connectivity index (χ2n) is 10.6. The van der Waals surface area contributed by atoms with Gasteiger partial charge in [0, 0.05) is 60.1 Å². The largest absolute Gasteiger partial charge is 0.382 e. The van der Waals surface area contributed by atoms with Gasteiger partial charge in [0.2, 0.25) is 6.10 Å². The maximum atomic E-state index is 14.7. The third-order valence-corrected chi connectivity index (χ3v) is 8.25. The van der Waals surface area contributed by atoms with Crippen molar-refractivity contribution in [3.8, 4) is 22.5 Å². The standard InChI is InChI=1S/C33H25ClFN7O3/c34-26-6-2-5-25(29(26)35)27-15-28(45-41-27)33(44)42-14-11-23-22(20-16-36-18-37-17-20)3-1-4-24(23)30(42)32(43)40-21-9-7-19(8-10-21)31-38-12-13-39-31/h1-10,12-13,16-18,28,30H,11,14-15H2,(H,38,39)(H,40,43)/t28-,30?/m1/s1. The summed E-state index contributed by atoms with van der Waals surface area (Å²) >= 11 is 5.97. The van der Waals surface area contributed by atoms with Crippen LogP contribution in [-0.2, 0) is 20.8 Å². The van der Waals surface area contributed by atoms with Crippen LogP contribution in [0.1, 0.15) is 29.2 Å². The summed E-state index contributed by atoms with van der Waals surface area (Å²) in [4.78, 5) is 50.8. The summed E-state index contributed by atoms with van der Waals surface area (Å²) in [6, 6.07) is 16.5. The third-order valence-electron chi connectivity index (χ3n) is 7.96. The molecule has 2 aliphatic heterocycles. The number of hydrogen-bond donors (Lipinski definition) is 2. The summed E-state index contributed by atoms with van der Waals surface area (Å²) < 4.78 is 14.7. The molecule has 0 spiro atoms. The van der Waals surface area contributed by atoms with Crippen LogP contribution in [0.4, 0.5) is 10.1 Å². The molecule has 2 atom stereocenters. The predicted octanol–water partition coefficient (Wildman–Crippen LogP) is 5.58. The van der Waals surface area contributed by atoms with E-state index in [1.165, 1.54) is 23.4 Å². The number of amides is 2. The predicted molar refractivity (Wildman–Crippen MR) is 166 cm³/mol. The van der Waals surface area contributed by atoms with Crippen LogP contribution in [0.5, 0.6) is 0 Å². The molecule has 0 saturated carbocycles. The van der Waals surface area contributed by atoms with E-state index in [4.69, 9.17) is 16.4 Å².